The predicted octanol–water partition coefficient (Wildman–Crippen LogP) is 2.93. The van der Waals surface area contributed by atoms with Gasteiger partial charge in [-0.05, 0) is 30.9 Å². The van der Waals surface area contributed by atoms with Gasteiger partial charge >= 0.3 is 0 Å². The number of amides is 1. The normalized spacial score (nSPS) is 18.2. The standard InChI is InChI=1S/C20H24N2O/c1-16-6-5-9-18(12-16)15-22-19(13-21-14-20(22)23)11-10-17-7-3-2-4-8-17/h2-9,12,19,21H,10-11,13-15H2,1H3/t19-/m0/s1. The number of piperazine rings is 1. The quantitative estimate of drug-likeness (QED) is 0.921. The number of nitrogens with zero attached hydrogens (tertiary/aromatic N) is 1. The molecule has 1 atom stereocenters. The maximum absolute atomic E-state index is 12.4. The van der Waals surface area contributed by atoms with Crippen LogP contribution in [0.3, 0.4) is 0 Å². The Morgan fingerprint density at radius 3 is 2.65 bits per heavy atom. The first-order valence-corrected chi connectivity index (χ1v) is 8.32. The predicted molar refractivity (Wildman–Crippen MR) is 93.1 cm³/mol. The first-order valence-electron chi connectivity index (χ1n) is 8.32. The van der Waals surface area contributed by atoms with Crippen LogP contribution in [-0.4, -0.2) is 29.9 Å². The highest BCUT2D eigenvalue weighted by Crippen LogP contribution is 2.17. The van der Waals surface area contributed by atoms with Gasteiger partial charge in [-0.3, -0.25) is 4.79 Å². The fourth-order valence-electron chi connectivity index (χ4n) is 3.22. The van der Waals surface area contributed by atoms with E-state index in [0.29, 0.717) is 13.1 Å². The fraction of sp³-hybridized carbons (Fsp3) is 0.350. The third-order valence-electron chi connectivity index (χ3n) is 4.46. The molecule has 1 aliphatic rings. The van der Waals surface area contributed by atoms with Crippen molar-refractivity contribution in [3.05, 3.63) is 71.3 Å². The van der Waals surface area contributed by atoms with Gasteiger partial charge in [0.25, 0.3) is 0 Å². The number of hydrogen-bond donors (Lipinski definition) is 1. The van der Waals surface area contributed by atoms with Gasteiger partial charge in [-0.1, -0.05) is 60.2 Å². The van der Waals surface area contributed by atoms with Gasteiger partial charge in [-0.15, -0.1) is 0 Å². The van der Waals surface area contributed by atoms with Crippen molar-refractivity contribution in [3.8, 4) is 0 Å². The molecule has 0 saturated carbocycles. The van der Waals surface area contributed by atoms with Crippen LogP contribution in [0.4, 0.5) is 0 Å². The van der Waals surface area contributed by atoms with Crippen LogP contribution in [0.5, 0.6) is 0 Å². The summed E-state index contributed by atoms with van der Waals surface area (Å²) in [5.41, 5.74) is 3.79. The minimum atomic E-state index is 0.204. The van der Waals surface area contributed by atoms with Gasteiger partial charge in [0, 0.05) is 19.1 Å². The van der Waals surface area contributed by atoms with Gasteiger partial charge < -0.3 is 10.2 Å². The minimum Gasteiger partial charge on any atom is -0.333 e. The largest absolute Gasteiger partial charge is 0.333 e. The Balaban J connectivity index is 1.68. The van der Waals surface area contributed by atoms with Crippen LogP contribution in [0.25, 0.3) is 0 Å². The number of nitrogens with one attached hydrogen (secondary N) is 1. The van der Waals surface area contributed by atoms with Crippen LogP contribution in [0.1, 0.15) is 23.1 Å². The molecule has 1 amide bonds. The van der Waals surface area contributed by atoms with E-state index in [1.807, 2.05) is 11.0 Å². The maximum Gasteiger partial charge on any atom is 0.237 e. The highest BCUT2D eigenvalue weighted by Gasteiger charge is 2.27. The zero-order valence-corrected chi connectivity index (χ0v) is 13.7. The van der Waals surface area contributed by atoms with Crippen molar-refractivity contribution in [3.63, 3.8) is 0 Å². The summed E-state index contributed by atoms with van der Waals surface area (Å²) in [5.74, 6) is 0.204. The molecule has 1 aliphatic heterocycles. The Kier molecular flexibility index (Phi) is 5.09. The van der Waals surface area contributed by atoms with Crippen LogP contribution in [-0.2, 0) is 17.8 Å². The Morgan fingerprint density at radius 2 is 1.87 bits per heavy atom. The average molecular weight is 308 g/mol. The van der Waals surface area contributed by atoms with Crippen molar-refractivity contribution in [2.45, 2.75) is 32.4 Å². The molecular weight excluding hydrogens is 284 g/mol. The maximum atomic E-state index is 12.4. The second kappa shape index (κ2) is 7.42. The van der Waals surface area contributed by atoms with E-state index in [2.05, 4.69) is 60.8 Å². The number of carbonyl (C=O) groups excluding carboxylic acids is 1. The summed E-state index contributed by atoms with van der Waals surface area (Å²) < 4.78 is 0. The molecule has 3 nitrogen and oxygen atoms in total. The van der Waals surface area contributed by atoms with Crippen molar-refractivity contribution in [2.75, 3.05) is 13.1 Å². The van der Waals surface area contributed by atoms with Crippen molar-refractivity contribution < 1.29 is 4.79 Å². The summed E-state index contributed by atoms with van der Waals surface area (Å²) in [6.45, 7) is 4.13. The minimum absolute atomic E-state index is 0.204. The molecule has 0 aromatic heterocycles. The molecule has 0 bridgehead atoms. The average Bonchev–Trinajstić information content (AvgIpc) is 2.56. The van der Waals surface area contributed by atoms with Crippen molar-refractivity contribution >= 4 is 5.91 Å². The number of hydrogen-bond acceptors (Lipinski definition) is 2. The Morgan fingerprint density at radius 1 is 1.09 bits per heavy atom. The lowest BCUT2D eigenvalue weighted by molar-refractivity contribution is -0.135. The Bertz CT molecular complexity index is 654. The first kappa shape index (κ1) is 15.8. The third-order valence-corrected chi connectivity index (χ3v) is 4.46. The van der Waals surface area contributed by atoms with Gasteiger partial charge in [0.15, 0.2) is 0 Å². The molecule has 1 saturated heterocycles. The summed E-state index contributed by atoms with van der Waals surface area (Å²) in [5, 5.41) is 3.26. The van der Waals surface area contributed by atoms with E-state index in [4.69, 9.17) is 0 Å². The summed E-state index contributed by atoms with van der Waals surface area (Å²) >= 11 is 0. The zero-order chi connectivity index (χ0) is 16.1. The molecule has 0 unspecified atom stereocenters. The van der Waals surface area contributed by atoms with E-state index in [0.717, 1.165) is 19.4 Å². The van der Waals surface area contributed by atoms with E-state index in [9.17, 15) is 4.79 Å². The lowest BCUT2D eigenvalue weighted by atomic mass is 10.0. The van der Waals surface area contributed by atoms with Gasteiger partial charge in [-0.2, -0.15) is 0 Å². The summed E-state index contributed by atoms with van der Waals surface area (Å²) in [4.78, 5) is 14.4. The molecule has 2 aromatic rings. The van der Waals surface area contributed by atoms with E-state index in [-0.39, 0.29) is 11.9 Å². The molecule has 0 radical (unpaired) electrons. The van der Waals surface area contributed by atoms with Gasteiger partial charge in [0.05, 0.1) is 6.54 Å². The molecule has 3 rings (SSSR count). The van der Waals surface area contributed by atoms with Crippen LogP contribution in [0.2, 0.25) is 0 Å². The number of benzene rings is 2. The summed E-state index contributed by atoms with van der Waals surface area (Å²) in [7, 11) is 0. The third kappa shape index (κ3) is 4.20. The summed E-state index contributed by atoms with van der Waals surface area (Å²) in [6, 6.07) is 19.2. The highest BCUT2D eigenvalue weighted by molar-refractivity contribution is 5.79. The molecule has 23 heavy (non-hydrogen) atoms. The Hall–Kier alpha value is -2.13. The van der Waals surface area contributed by atoms with E-state index >= 15 is 0 Å². The molecule has 2 aromatic carbocycles. The topological polar surface area (TPSA) is 32.3 Å². The summed E-state index contributed by atoms with van der Waals surface area (Å²) in [6.07, 6.45) is 2.00. The van der Waals surface area contributed by atoms with Crippen molar-refractivity contribution in [1.29, 1.82) is 0 Å². The van der Waals surface area contributed by atoms with E-state index in [1.165, 1.54) is 16.7 Å². The van der Waals surface area contributed by atoms with Crippen LogP contribution < -0.4 is 5.32 Å². The van der Waals surface area contributed by atoms with Gasteiger partial charge in [-0.25, -0.2) is 0 Å². The second-order valence-electron chi connectivity index (χ2n) is 6.32. The number of carbonyl (C=O) groups is 1. The van der Waals surface area contributed by atoms with Gasteiger partial charge in [0.2, 0.25) is 5.91 Å². The zero-order valence-electron chi connectivity index (χ0n) is 13.7. The van der Waals surface area contributed by atoms with Crippen molar-refractivity contribution in [2.24, 2.45) is 0 Å². The molecule has 0 spiro atoms. The van der Waals surface area contributed by atoms with E-state index in [1.54, 1.807) is 0 Å². The second-order valence-corrected chi connectivity index (χ2v) is 6.32. The van der Waals surface area contributed by atoms with Gasteiger partial charge in [0.1, 0.15) is 0 Å². The fourth-order valence-corrected chi connectivity index (χ4v) is 3.22. The molecule has 1 N–H and O–H groups in total. The monoisotopic (exact) mass is 308 g/mol. The Labute approximate surface area is 138 Å². The molecule has 3 heteroatoms. The smallest absolute Gasteiger partial charge is 0.237 e. The molecule has 1 fully saturated rings. The van der Waals surface area contributed by atoms with Crippen LogP contribution >= 0.6 is 0 Å². The molecular formula is C20H24N2O. The van der Waals surface area contributed by atoms with E-state index < -0.39 is 0 Å². The van der Waals surface area contributed by atoms with Crippen molar-refractivity contribution in [1.82, 2.24) is 10.2 Å². The highest BCUT2D eigenvalue weighted by atomic mass is 16.2. The molecule has 1 heterocycles. The lowest BCUT2D eigenvalue weighted by Gasteiger charge is -2.36. The van der Waals surface area contributed by atoms with Crippen LogP contribution in [0.15, 0.2) is 54.6 Å². The number of aryl methyl sites for hydroxylation is 2. The molecule has 0 aliphatic carbocycles. The number of rotatable bonds is 5. The lowest BCUT2D eigenvalue weighted by Crippen LogP contribution is -2.54. The molecule has 120 valence electrons. The SMILES string of the molecule is Cc1cccc(CN2C(=O)CNC[C@@H]2CCc2ccccc2)c1. The first-order chi connectivity index (χ1) is 11.2. The van der Waals surface area contributed by atoms with Crippen LogP contribution in [0, 0.1) is 6.92 Å².